The van der Waals surface area contributed by atoms with E-state index in [9.17, 15) is 4.79 Å². The van der Waals surface area contributed by atoms with E-state index in [4.69, 9.17) is 16.3 Å². The van der Waals surface area contributed by atoms with Crippen molar-refractivity contribution in [3.8, 4) is 5.75 Å². The lowest BCUT2D eigenvalue weighted by Gasteiger charge is -2.20. The minimum atomic E-state index is 0.0463. The first-order valence-corrected chi connectivity index (χ1v) is 8.31. The van der Waals surface area contributed by atoms with E-state index >= 15 is 0 Å². The number of rotatable bonds is 7. The highest BCUT2D eigenvalue weighted by molar-refractivity contribution is 6.30. The zero-order valence-corrected chi connectivity index (χ0v) is 14.1. The number of hydrogen-bond donors (Lipinski definition) is 1. The lowest BCUT2D eigenvalue weighted by atomic mass is 10.1. The highest BCUT2D eigenvalue weighted by atomic mass is 35.5. The van der Waals surface area contributed by atoms with Crippen LogP contribution in [0.1, 0.15) is 26.7 Å². The Hall–Kier alpha value is -1.26. The average molecular weight is 325 g/mol. The molecule has 2 rings (SSSR count). The summed E-state index contributed by atoms with van der Waals surface area (Å²) in [7, 11) is 0. The van der Waals surface area contributed by atoms with Crippen molar-refractivity contribution in [1.29, 1.82) is 0 Å². The topological polar surface area (TPSA) is 41.6 Å². The monoisotopic (exact) mass is 324 g/mol. The number of carbonyl (C=O) groups is 1. The van der Waals surface area contributed by atoms with Crippen LogP contribution in [0.25, 0.3) is 0 Å². The van der Waals surface area contributed by atoms with Crippen LogP contribution in [0, 0.1) is 5.92 Å². The van der Waals surface area contributed by atoms with Crippen LogP contribution >= 0.6 is 11.6 Å². The summed E-state index contributed by atoms with van der Waals surface area (Å²) < 4.78 is 5.52. The Morgan fingerprint density at radius 2 is 2.32 bits per heavy atom. The normalized spacial score (nSPS) is 18.6. The SMILES string of the molecule is CC(C)N1CC[C@@H](CNC(=O)CCOc2cccc(Cl)c2)C1. The maximum absolute atomic E-state index is 11.8. The van der Waals surface area contributed by atoms with Crippen LogP contribution in [0.2, 0.25) is 5.02 Å². The van der Waals surface area contributed by atoms with Gasteiger partial charge in [-0.2, -0.15) is 0 Å². The molecule has 1 aliphatic heterocycles. The summed E-state index contributed by atoms with van der Waals surface area (Å²) in [6, 6.07) is 7.80. The Morgan fingerprint density at radius 3 is 3.00 bits per heavy atom. The van der Waals surface area contributed by atoms with Gasteiger partial charge in [-0.1, -0.05) is 17.7 Å². The minimum Gasteiger partial charge on any atom is -0.493 e. The van der Waals surface area contributed by atoms with Crippen molar-refractivity contribution in [1.82, 2.24) is 10.2 Å². The summed E-state index contributed by atoms with van der Waals surface area (Å²) >= 11 is 5.88. The maximum Gasteiger partial charge on any atom is 0.223 e. The van der Waals surface area contributed by atoms with Gasteiger partial charge in [-0.25, -0.2) is 0 Å². The van der Waals surface area contributed by atoms with Crippen LogP contribution in [0.5, 0.6) is 5.75 Å². The Labute approximate surface area is 137 Å². The summed E-state index contributed by atoms with van der Waals surface area (Å²) in [6.45, 7) is 7.78. The van der Waals surface area contributed by atoms with Crippen molar-refractivity contribution in [3.05, 3.63) is 29.3 Å². The third-order valence-electron chi connectivity index (χ3n) is 4.03. The van der Waals surface area contributed by atoms with Gasteiger partial charge in [0.05, 0.1) is 13.0 Å². The molecule has 1 atom stereocenters. The number of nitrogens with one attached hydrogen (secondary N) is 1. The van der Waals surface area contributed by atoms with Crippen LogP contribution in [-0.4, -0.2) is 43.1 Å². The zero-order valence-electron chi connectivity index (χ0n) is 13.3. The maximum atomic E-state index is 11.8. The van der Waals surface area contributed by atoms with Gasteiger partial charge in [0, 0.05) is 24.2 Å². The number of nitrogens with zero attached hydrogens (tertiary/aromatic N) is 1. The summed E-state index contributed by atoms with van der Waals surface area (Å²) in [5.74, 6) is 1.31. The predicted octanol–water partition coefficient (Wildman–Crippen LogP) is 2.96. The summed E-state index contributed by atoms with van der Waals surface area (Å²) in [5.41, 5.74) is 0. The van der Waals surface area contributed by atoms with Crippen LogP contribution in [-0.2, 0) is 4.79 Å². The van der Waals surface area contributed by atoms with Crippen molar-refractivity contribution in [3.63, 3.8) is 0 Å². The van der Waals surface area contributed by atoms with E-state index in [1.807, 2.05) is 12.1 Å². The molecule has 0 aliphatic carbocycles. The van der Waals surface area contributed by atoms with Gasteiger partial charge in [-0.15, -0.1) is 0 Å². The smallest absolute Gasteiger partial charge is 0.223 e. The van der Waals surface area contributed by atoms with E-state index in [0.29, 0.717) is 35.8 Å². The molecular weight excluding hydrogens is 300 g/mol. The van der Waals surface area contributed by atoms with Crippen molar-refractivity contribution in [2.24, 2.45) is 5.92 Å². The Morgan fingerprint density at radius 1 is 1.50 bits per heavy atom. The first-order valence-electron chi connectivity index (χ1n) is 7.93. The van der Waals surface area contributed by atoms with Crippen LogP contribution in [0.15, 0.2) is 24.3 Å². The van der Waals surface area contributed by atoms with Crippen molar-refractivity contribution in [2.75, 3.05) is 26.2 Å². The molecule has 22 heavy (non-hydrogen) atoms. The number of hydrogen-bond acceptors (Lipinski definition) is 3. The number of ether oxygens (including phenoxy) is 1. The minimum absolute atomic E-state index is 0.0463. The van der Waals surface area contributed by atoms with Crippen molar-refractivity contribution in [2.45, 2.75) is 32.7 Å². The largest absolute Gasteiger partial charge is 0.493 e. The van der Waals surface area contributed by atoms with E-state index in [-0.39, 0.29) is 5.91 Å². The van der Waals surface area contributed by atoms with Gasteiger partial charge in [0.1, 0.15) is 5.75 Å². The molecule has 0 radical (unpaired) electrons. The fourth-order valence-corrected chi connectivity index (χ4v) is 2.84. The lowest BCUT2D eigenvalue weighted by Crippen LogP contribution is -2.33. The van der Waals surface area contributed by atoms with E-state index in [1.54, 1.807) is 12.1 Å². The molecule has 1 aromatic rings. The Kier molecular flexibility index (Phi) is 6.52. The second-order valence-electron chi connectivity index (χ2n) is 6.10. The number of benzene rings is 1. The second-order valence-corrected chi connectivity index (χ2v) is 6.54. The quantitative estimate of drug-likeness (QED) is 0.838. The molecule has 0 unspecified atom stereocenters. The standard InChI is InChI=1S/C17H25ClN2O2/c1-13(2)20-8-6-14(12-20)11-19-17(21)7-9-22-16-5-3-4-15(18)10-16/h3-5,10,13-14H,6-9,11-12H2,1-2H3,(H,19,21)/t14-/m0/s1. The second kappa shape index (κ2) is 8.39. The molecule has 1 N–H and O–H groups in total. The first kappa shape index (κ1) is 17.1. The fraction of sp³-hybridized carbons (Fsp3) is 0.588. The molecule has 1 aliphatic rings. The zero-order chi connectivity index (χ0) is 15.9. The van der Waals surface area contributed by atoms with Crippen molar-refractivity contribution >= 4 is 17.5 Å². The van der Waals surface area contributed by atoms with Gasteiger partial charge in [-0.05, 0) is 50.9 Å². The molecule has 0 spiro atoms. The average Bonchev–Trinajstić information content (AvgIpc) is 2.94. The van der Waals surface area contributed by atoms with Crippen LogP contribution in [0.4, 0.5) is 0 Å². The van der Waals surface area contributed by atoms with E-state index < -0.39 is 0 Å². The molecule has 1 aromatic carbocycles. The lowest BCUT2D eigenvalue weighted by molar-refractivity contribution is -0.121. The van der Waals surface area contributed by atoms with Gasteiger partial charge < -0.3 is 15.0 Å². The molecule has 0 aromatic heterocycles. The summed E-state index contributed by atoms with van der Waals surface area (Å²) in [6.07, 6.45) is 1.53. The molecule has 4 nitrogen and oxygen atoms in total. The molecule has 0 saturated carbocycles. The third kappa shape index (κ3) is 5.50. The number of halogens is 1. The fourth-order valence-electron chi connectivity index (χ4n) is 2.66. The van der Waals surface area contributed by atoms with Gasteiger partial charge in [-0.3, -0.25) is 4.79 Å². The molecule has 1 amide bonds. The Bertz CT molecular complexity index is 493. The highest BCUT2D eigenvalue weighted by Crippen LogP contribution is 2.18. The number of likely N-dealkylation sites (tertiary alicyclic amines) is 1. The van der Waals surface area contributed by atoms with Crippen molar-refractivity contribution < 1.29 is 9.53 Å². The number of amides is 1. The molecule has 1 fully saturated rings. The third-order valence-corrected chi connectivity index (χ3v) is 4.26. The predicted molar refractivity (Wildman–Crippen MR) is 89.4 cm³/mol. The number of carbonyl (C=O) groups excluding carboxylic acids is 1. The molecule has 0 bridgehead atoms. The summed E-state index contributed by atoms with van der Waals surface area (Å²) in [4.78, 5) is 14.3. The van der Waals surface area contributed by atoms with Gasteiger partial charge in [0.2, 0.25) is 5.91 Å². The molecular formula is C17H25ClN2O2. The Balaban J connectivity index is 1.60. The highest BCUT2D eigenvalue weighted by Gasteiger charge is 2.24. The first-order chi connectivity index (χ1) is 10.5. The van der Waals surface area contributed by atoms with E-state index in [2.05, 4.69) is 24.1 Å². The van der Waals surface area contributed by atoms with Crippen LogP contribution < -0.4 is 10.1 Å². The van der Waals surface area contributed by atoms with Gasteiger partial charge in [0.15, 0.2) is 0 Å². The molecule has 5 heteroatoms. The summed E-state index contributed by atoms with van der Waals surface area (Å²) in [5, 5.41) is 3.65. The van der Waals surface area contributed by atoms with Gasteiger partial charge in [0.25, 0.3) is 0 Å². The van der Waals surface area contributed by atoms with Crippen LogP contribution in [0.3, 0.4) is 0 Å². The molecule has 122 valence electrons. The van der Waals surface area contributed by atoms with E-state index in [0.717, 1.165) is 26.1 Å². The van der Waals surface area contributed by atoms with E-state index in [1.165, 1.54) is 0 Å². The molecule has 1 saturated heterocycles. The molecule has 1 heterocycles. The van der Waals surface area contributed by atoms with Gasteiger partial charge >= 0.3 is 0 Å².